The molecule has 5 atom stereocenters. The second-order valence-electron chi connectivity index (χ2n) is 13.0. The maximum atomic E-state index is 13.0. The van der Waals surface area contributed by atoms with Gasteiger partial charge in [-0.25, -0.2) is 4.79 Å². The van der Waals surface area contributed by atoms with Crippen molar-refractivity contribution in [3.63, 3.8) is 0 Å². The third-order valence-electron chi connectivity index (χ3n) is 7.99. The number of aromatic nitrogens is 2. The van der Waals surface area contributed by atoms with Gasteiger partial charge in [0.25, 0.3) is 13.4 Å². The molecular formula is C25H48N2O10PSi2-. The topological polar surface area (TPSA) is 150 Å². The fourth-order valence-electron chi connectivity index (χ4n) is 3.50. The molecule has 0 amide bonds. The number of H-pyrrole nitrogens is 1. The van der Waals surface area contributed by atoms with Crippen molar-refractivity contribution in [2.75, 3.05) is 26.4 Å². The van der Waals surface area contributed by atoms with Crippen LogP contribution in [0.3, 0.4) is 0 Å². The summed E-state index contributed by atoms with van der Waals surface area (Å²) in [5.74, 6) is 0. The van der Waals surface area contributed by atoms with Crippen molar-refractivity contribution in [3.8, 4) is 0 Å². The minimum atomic E-state index is -4.86. The van der Waals surface area contributed by atoms with E-state index in [1.807, 2.05) is 33.9 Å². The maximum Gasteiger partial charge on any atom is 0.330 e. The molecule has 1 fully saturated rings. The second-order valence-corrected chi connectivity index (χ2v) is 24.0. The van der Waals surface area contributed by atoms with E-state index in [1.54, 1.807) is 6.92 Å². The molecule has 0 radical (unpaired) electrons. The van der Waals surface area contributed by atoms with E-state index in [-0.39, 0.29) is 29.9 Å². The monoisotopic (exact) mass is 623 g/mol. The largest absolute Gasteiger partial charge is 0.756 e. The molecule has 1 aromatic rings. The van der Waals surface area contributed by atoms with Crippen LogP contribution in [0.25, 0.3) is 0 Å². The summed E-state index contributed by atoms with van der Waals surface area (Å²) >= 11 is 0. The predicted octanol–water partition coefficient (Wildman–Crippen LogP) is 3.75. The quantitative estimate of drug-likeness (QED) is 0.195. The summed E-state index contributed by atoms with van der Waals surface area (Å²) in [4.78, 5) is 39.9. The number of hydrogen-bond acceptors (Lipinski definition) is 10. The molecule has 0 aromatic carbocycles. The highest BCUT2D eigenvalue weighted by Crippen LogP contribution is 2.48. The minimum Gasteiger partial charge on any atom is -0.756 e. The molecule has 2 rings (SSSR count). The molecule has 1 aliphatic rings. The Morgan fingerprint density at radius 3 is 2.15 bits per heavy atom. The van der Waals surface area contributed by atoms with Crippen LogP contribution in [-0.4, -0.2) is 70.9 Å². The van der Waals surface area contributed by atoms with E-state index < -0.39 is 60.2 Å². The molecule has 1 unspecified atom stereocenters. The van der Waals surface area contributed by atoms with Crippen LogP contribution in [0.15, 0.2) is 21.9 Å². The number of hydrogen-bond donors (Lipinski definition) is 1. The first-order chi connectivity index (χ1) is 18.1. The third-order valence-corrected chi connectivity index (χ3v) is 18.0. The smallest absolute Gasteiger partial charge is 0.330 e. The first-order valence-electron chi connectivity index (χ1n) is 13.6. The molecule has 15 heteroatoms. The number of ether oxygens (including phenoxy) is 2. The van der Waals surface area contributed by atoms with Crippen LogP contribution in [0, 0.1) is 0 Å². The van der Waals surface area contributed by atoms with Gasteiger partial charge in [0.1, 0.15) is 18.3 Å². The molecule has 1 aliphatic heterocycles. The van der Waals surface area contributed by atoms with Crippen molar-refractivity contribution in [2.45, 2.75) is 109 Å². The summed E-state index contributed by atoms with van der Waals surface area (Å²) in [6.07, 6.45) is -2.95. The van der Waals surface area contributed by atoms with E-state index in [0.717, 1.165) is 0 Å². The van der Waals surface area contributed by atoms with Gasteiger partial charge in [0.15, 0.2) is 22.9 Å². The average molecular weight is 624 g/mol. The lowest BCUT2D eigenvalue weighted by atomic mass is 10.1. The minimum absolute atomic E-state index is 0.00602. The molecule has 1 N–H and O–H groups in total. The number of nitrogens with one attached hydrogen (secondary N) is 1. The zero-order chi connectivity index (χ0) is 30.7. The fourth-order valence-corrected chi connectivity index (χ4v) is 6.71. The van der Waals surface area contributed by atoms with Gasteiger partial charge in [0, 0.05) is 18.9 Å². The molecule has 1 saturated heterocycles. The zero-order valence-corrected chi connectivity index (χ0v) is 28.7. The molecule has 0 spiro atoms. The van der Waals surface area contributed by atoms with E-state index in [1.165, 1.54) is 16.8 Å². The maximum absolute atomic E-state index is 13.0. The van der Waals surface area contributed by atoms with Gasteiger partial charge in [0.05, 0.1) is 19.8 Å². The van der Waals surface area contributed by atoms with Gasteiger partial charge < -0.3 is 32.3 Å². The van der Waals surface area contributed by atoms with E-state index in [9.17, 15) is 19.0 Å². The second kappa shape index (κ2) is 13.1. The van der Waals surface area contributed by atoms with Gasteiger partial charge in [-0.05, 0) is 43.2 Å². The van der Waals surface area contributed by atoms with Gasteiger partial charge in [0.2, 0.25) is 0 Å². The molecule has 40 heavy (non-hydrogen) atoms. The Bertz CT molecular complexity index is 1140. The van der Waals surface area contributed by atoms with Crippen LogP contribution in [0.5, 0.6) is 0 Å². The number of nitrogens with zero attached hydrogens (tertiary/aromatic N) is 1. The van der Waals surface area contributed by atoms with Gasteiger partial charge in [-0.2, -0.15) is 0 Å². The van der Waals surface area contributed by atoms with Crippen molar-refractivity contribution >= 4 is 24.5 Å². The van der Waals surface area contributed by atoms with Crippen molar-refractivity contribution in [2.24, 2.45) is 0 Å². The van der Waals surface area contributed by atoms with Crippen molar-refractivity contribution in [1.82, 2.24) is 9.55 Å². The standard InChI is InChI=1S/C25H49N2O10PSi2/c1-12-32-15-16-33-38(30,31)36-20-18(17-34-39(8,9)24(2,3)4)35-22(27-14-13-19(28)26-23(27)29)21(20)37-40(10,11)25(5,6)7/h13-14,18,20-22H,12,15-17H2,1-11H3,(H,30,31)(H,26,28,29)/p-1/t18-,20-,21-,22-/m1/s1. The van der Waals surface area contributed by atoms with Crippen molar-refractivity contribution in [1.29, 1.82) is 0 Å². The number of rotatable bonds is 13. The molecule has 0 aliphatic carbocycles. The van der Waals surface area contributed by atoms with Gasteiger partial charge in [-0.15, -0.1) is 0 Å². The number of aromatic amines is 1. The highest BCUT2D eigenvalue weighted by molar-refractivity contribution is 7.45. The highest BCUT2D eigenvalue weighted by atomic mass is 31.2. The van der Waals surface area contributed by atoms with Gasteiger partial charge in [-0.1, -0.05) is 41.5 Å². The summed E-state index contributed by atoms with van der Waals surface area (Å²) < 4.78 is 49.5. The van der Waals surface area contributed by atoms with Crippen molar-refractivity contribution in [3.05, 3.63) is 33.1 Å². The predicted molar refractivity (Wildman–Crippen MR) is 155 cm³/mol. The van der Waals surface area contributed by atoms with Crippen LogP contribution < -0.4 is 16.1 Å². The van der Waals surface area contributed by atoms with Gasteiger partial charge in [-0.3, -0.25) is 18.9 Å². The summed E-state index contributed by atoms with van der Waals surface area (Å²) in [5, 5.41) is -0.382. The normalized spacial score (nSPS) is 24.3. The molecule has 2 heterocycles. The average Bonchev–Trinajstić information content (AvgIpc) is 3.09. The fraction of sp³-hybridized carbons (Fsp3) is 0.840. The van der Waals surface area contributed by atoms with Crippen LogP contribution in [0.2, 0.25) is 36.3 Å². The van der Waals surface area contributed by atoms with E-state index >= 15 is 0 Å². The summed E-state index contributed by atoms with van der Waals surface area (Å²) in [6.45, 7) is 22.6. The number of phosphoric acid groups is 1. The van der Waals surface area contributed by atoms with Crippen molar-refractivity contribution < 1.29 is 36.8 Å². The van der Waals surface area contributed by atoms with E-state index in [4.69, 9.17) is 27.4 Å². The van der Waals surface area contributed by atoms with E-state index in [0.29, 0.717) is 6.61 Å². The lowest BCUT2D eigenvalue weighted by molar-refractivity contribution is -0.234. The summed E-state index contributed by atoms with van der Waals surface area (Å²) in [5.41, 5.74) is -1.29. The molecule has 232 valence electrons. The molecular weight excluding hydrogens is 575 g/mol. The van der Waals surface area contributed by atoms with Gasteiger partial charge >= 0.3 is 5.69 Å². The lowest BCUT2D eigenvalue weighted by Crippen LogP contribution is -2.51. The first kappa shape index (κ1) is 35.3. The van der Waals surface area contributed by atoms with Crippen LogP contribution >= 0.6 is 7.82 Å². The molecule has 12 nitrogen and oxygen atoms in total. The Kier molecular flexibility index (Phi) is 11.6. The number of phosphoric ester groups is 1. The summed E-state index contributed by atoms with van der Waals surface area (Å²) in [7, 11) is -9.73. The Hall–Kier alpha value is -0.936. The van der Waals surface area contributed by atoms with Crippen LogP contribution in [0.1, 0.15) is 54.7 Å². The third kappa shape index (κ3) is 9.03. The Balaban J connectivity index is 2.56. The molecule has 0 bridgehead atoms. The molecule has 1 aromatic heterocycles. The Morgan fingerprint density at radius 2 is 1.62 bits per heavy atom. The first-order valence-corrected chi connectivity index (χ1v) is 20.9. The molecule has 0 saturated carbocycles. The summed E-state index contributed by atoms with van der Waals surface area (Å²) in [6, 6.07) is 1.19. The Labute approximate surface area is 239 Å². The Morgan fingerprint density at radius 1 is 1.02 bits per heavy atom. The van der Waals surface area contributed by atoms with E-state index in [2.05, 4.69) is 38.8 Å². The SMILES string of the molecule is CCOCCOP(=O)([O-])O[C@H]1[C@@H](O[Si](C)(C)C(C)(C)C)[C@H](n2ccc(=O)[nH]c2=O)O[C@@H]1CO[Si](C)(C)C(C)(C)C. The zero-order valence-electron chi connectivity index (χ0n) is 25.8. The highest BCUT2D eigenvalue weighted by Gasteiger charge is 2.53. The van der Waals surface area contributed by atoms with Crippen LogP contribution in [0.4, 0.5) is 0 Å². The lowest BCUT2D eigenvalue weighted by Gasteiger charge is -2.41. The van der Waals surface area contributed by atoms with Crippen LogP contribution in [-0.2, 0) is 31.9 Å².